The highest BCUT2D eigenvalue weighted by Gasteiger charge is 2.12. The summed E-state index contributed by atoms with van der Waals surface area (Å²) in [6.07, 6.45) is 0. The van der Waals surface area contributed by atoms with Crippen molar-refractivity contribution in [2.24, 2.45) is 0 Å². The fourth-order valence-corrected chi connectivity index (χ4v) is 2.54. The van der Waals surface area contributed by atoms with Gasteiger partial charge in [0.25, 0.3) is 11.6 Å². The Morgan fingerprint density at radius 1 is 1.19 bits per heavy atom. The van der Waals surface area contributed by atoms with E-state index >= 15 is 0 Å². The molecule has 7 nitrogen and oxygen atoms in total. The summed E-state index contributed by atoms with van der Waals surface area (Å²) >= 11 is 5.89. The van der Waals surface area contributed by atoms with Crippen LogP contribution in [0.2, 0.25) is 5.02 Å². The van der Waals surface area contributed by atoms with Crippen molar-refractivity contribution in [2.45, 2.75) is 13.5 Å². The number of aryl methyl sites for hydroxylation is 1. The first-order valence-corrected chi connectivity index (χ1v) is 8.15. The van der Waals surface area contributed by atoms with Crippen LogP contribution < -0.4 is 5.32 Å². The highest BCUT2D eigenvalue weighted by Crippen LogP contribution is 2.16. The lowest BCUT2D eigenvalue weighted by Crippen LogP contribution is -2.13. The fourth-order valence-electron chi connectivity index (χ4n) is 2.42. The summed E-state index contributed by atoms with van der Waals surface area (Å²) in [5.41, 5.74) is 2.18. The molecule has 0 fully saturated rings. The quantitative estimate of drug-likeness (QED) is 0.541. The van der Waals surface area contributed by atoms with Crippen molar-refractivity contribution < 1.29 is 9.72 Å². The first kappa shape index (κ1) is 17.6. The van der Waals surface area contributed by atoms with Crippen LogP contribution in [0.15, 0.2) is 54.6 Å². The highest BCUT2D eigenvalue weighted by atomic mass is 35.5. The molecular weight excluding hydrogens is 356 g/mol. The van der Waals surface area contributed by atoms with E-state index < -0.39 is 4.92 Å². The van der Waals surface area contributed by atoms with Crippen LogP contribution in [0.4, 0.5) is 11.5 Å². The summed E-state index contributed by atoms with van der Waals surface area (Å²) in [7, 11) is 0. The number of benzene rings is 2. The summed E-state index contributed by atoms with van der Waals surface area (Å²) in [6.45, 7) is 2.45. The van der Waals surface area contributed by atoms with E-state index in [4.69, 9.17) is 11.6 Å². The molecule has 3 rings (SSSR count). The number of carbonyl (C=O) groups excluding carboxylic acids is 1. The van der Waals surface area contributed by atoms with Gasteiger partial charge in [0.15, 0.2) is 5.82 Å². The number of amides is 1. The molecule has 0 aliphatic rings. The maximum atomic E-state index is 12.3. The molecule has 0 saturated heterocycles. The van der Waals surface area contributed by atoms with Crippen LogP contribution in [0.25, 0.3) is 0 Å². The Morgan fingerprint density at radius 2 is 1.85 bits per heavy atom. The van der Waals surface area contributed by atoms with E-state index in [1.807, 2.05) is 31.2 Å². The maximum absolute atomic E-state index is 12.3. The minimum Gasteiger partial charge on any atom is -0.305 e. The smallest absolute Gasteiger partial charge is 0.269 e. The topological polar surface area (TPSA) is 90.1 Å². The predicted molar refractivity (Wildman–Crippen MR) is 98.6 cm³/mol. The third-order valence-corrected chi connectivity index (χ3v) is 4.06. The van der Waals surface area contributed by atoms with Gasteiger partial charge in [-0.05, 0) is 36.8 Å². The monoisotopic (exact) mass is 370 g/mol. The van der Waals surface area contributed by atoms with E-state index in [1.54, 1.807) is 10.7 Å². The van der Waals surface area contributed by atoms with Crippen LogP contribution in [-0.2, 0) is 6.54 Å². The average molecular weight is 371 g/mol. The van der Waals surface area contributed by atoms with Crippen LogP contribution in [-0.4, -0.2) is 20.6 Å². The van der Waals surface area contributed by atoms with E-state index in [2.05, 4.69) is 10.4 Å². The zero-order valence-electron chi connectivity index (χ0n) is 13.8. The van der Waals surface area contributed by atoms with Crippen molar-refractivity contribution in [1.29, 1.82) is 0 Å². The zero-order valence-corrected chi connectivity index (χ0v) is 14.6. The number of non-ortho nitro benzene ring substituents is 1. The molecule has 132 valence electrons. The number of rotatable bonds is 5. The van der Waals surface area contributed by atoms with Gasteiger partial charge in [-0.3, -0.25) is 19.6 Å². The number of aromatic nitrogens is 2. The van der Waals surface area contributed by atoms with Gasteiger partial charge >= 0.3 is 0 Å². The molecule has 8 heteroatoms. The minimum absolute atomic E-state index is 0.0652. The van der Waals surface area contributed by atoms with Gasteiger partial charge in [-0.2, -0.15) is 5.10 Å². The Balaban J connectivity index is 1.71. The van der Waals surface area contributed by atoms with E-state index in [-0.39, 0.29) is 11.6 Å². The molecule has 0 aliphatic carbocycles. The summed E-state index contributed by atoms with van der Waals surface area (Å²) in [5.74, 6) is 0.0378. The van der Waals surface area contributed by atoms with Gasteiger partial charge in [-0.15, -0.1) is 0 Å². The predicted octanol–water partition coefficient (Wildman–Crippen LogP) is 4.05. The lowest BCUT2D eigenvalue weighted by molar-refractivity contribution is -0.384. The number of anilines is 1. The fraction of sp³-hybridized carbons (Fsp3) is 0.111. The highest BCUT2D eigenvalue weighted by molar-refractivity contribution is 6.30. The second-order valence-electron chi connectivity index (χ2n) is 5.71. The molecule has 1 amide bonds. The van der Waals surface area contributed by atoms with Crippen LogP contribution >= 0.6 is 11.6 Å². The van der Waals surface area contributed by atoms with E-state index in [9.17, 15) is 14.9 Å². The molecule has 0 bridgehead atoms. The molecule has 0 radical (unpaired) electrons. The Morgan fingerprint density at radius 3 is 2.46 bits per heavy atom. The van der Waals surface area contributed by atoms with Gasteiger partial charge < -0.3 is 5.32 Å². The summed E-state index contributed by atoms with van der Waals surface area (Å²) in [5, 5.41) is 18.4. The van der Waals surface area contributed by atoms with Crippen molar-refractivity contribution >= 4 is 29.0 Å². The number of nitrogens with one attached hydrogen (secondary N) is 1. The van der Waals surface area contributed by atoms with Crippen LogP contribution in [0, 0.1) is 17.0 Å². The summed E-state index contributed by atoms with van der Waals surface area (Å²) < 4.78 is 1.77. The number of halogens is 1. The first-order valence-electron chi connectivity index (χ1n) is 7.77. The number of nitro benzene ring substituents is 1. The van der Waals surface area contributed by atoms with Crippen LogP contribution in [0.1, 0.15) is 21.6 Å². The molecular formula is C18H15ClN4O3. The molecule has 0 unspecified atom stereocenters. The van der Waals surface area contributed by atoms with E-state index in [0.29, 0.717) is 22.9 Å². The molecule has 2 aromatic carbocycles. The van der Waals surface area contributed by atoms with Gasteiger partial charge in [-0.1, -0.05) is 23.7 Å². The third kappa shape index (κ3) is 4.07. The number of nitro groups is 1. The van der Waals surface area contributed by atoms with Crippen LogP contribution in [0.5, 0.6) is 0 Å². The molecule has 0 saturated carbocycles. The molecule has 1 N–H and O–H groups in total. The molecule has 1 heterocycles. The van der Waals surface area contributed by atoms with Crippen molar-refractivity contribution in [2.75, 3.05) is 5.32 Å². The summed E-state index contributed by atoms with van der Waals surface area (Å²) in [6, 6.07) is 14.6. The molecule has 3 aromatic rings. The second kappa shape index (κ2) is 7.37. The lowest BCUT2D eigenvalue weighted by Gasteiger charge is -2.05. The molecule has 1 aromatic heterocycles. The molecule has 0 aliphatic heterocycles. The van der Waals surface area contributed by atoms with Gasteiger partial charge in [0.05, 0.1) is 11.5 Å². The third-order valence-electron chi connectivity index (χ3n) is 3.81. The summed E-state index contributed by atoms with van der Waals surface area (Å²) in [4.78, 5) is 22.4. The van der Waals surface area contributed by atoms with Crippen molar-refractivity contribution in [3.63, 3.8) is 0 Å². The minimum atomic E-state index is -0.510. The van der Waals surface area contributed by atoms with Crippen molar-refractivity contribution in [3.8, 4) is 0 Å². The number of nitrogens with zero attached hydrogens (tertiary/aromatic N) is 3. The second-order valence-corrected chi connectivity index (χ2v) is 6.15. The van der Waals surface area contributed by atoms with Crippen molar-refractivity contribution in [3.05, 3.63) is 86.6 Å². The van der Waals surface area contributed by atoms with Crippen LogP contribution in [0.3, 0.4) is 0 Å². The van der Waals surface area contributed by atoms with Crippen molar-refractivity contribution in [1.82, 2.24) is 9.78 Å². The Kier molecular flexibility index (Phi) is 4.99. The Labute approximate surface area is 154 Å². The van der Waals surface area contributed by atoms with E-state index in [0.717, 1.165) is 11.3 Å². The average Bonchev–Trinajstić information content (AvgIpc) is 2.96. The number of hydrogen-bond donors (Lipinski definition) is 1. The maximum Gasteiger partial charge on any atom is 0.269 e. The van der Waals surface area contributed by atoms with Gasteiger partial charge in [0.2, 0.25) is 0 Å². The van der Waals surface area contributed by atoms with Gasteiger partial charge in [0.1, 0.15) is 0 Å². The normalized spacial score (nSPS) is 10.5. The lowest BCUT2D eigenvalue weighted by atomic mass is 10.2. The SMILES string of the molecule is Cc1cc(NC(=O)c2ccc([N+](=O)[O-])cc2)nn1Cc1ccc(Cl)cc1. The van der Waals surface area contributed by atoms with Gasteiger partial charge in [0, 0.05) is 34.5 Å². The molecule has 0 atom stereocenters. The largest absolute Gasteiger partial charge is 0.305 e. The first-order chi connectivity index (χ1) is 12.4. The number of carbonyl (C=O) groups is 1. The standard InChI is InChI=1S/C18H15ClN4O3/c1-12-10-17(21-22(12)11-13-2-6-15(19)7-3-13)20-18(24)14-4-8-16(9-5-14)23(25)26/h2-10H,11H2,1H3,(H,20,21,24). The van der Waals surface area contributed by atoms with Gasteiger partial charge in [-0.25, -0.2) is 0 Å². The zero-order chi connectivity index (χ0) is 18.7. The van der Waals surface area contributed by atoms with E-state index in [1.165, 1.54) is 24.3 Å². The number of hydrogen-bond acceptors (Lipinski definition) is 4. The Hall–Kier alpha value is -3.19. The molecule has 26 heavy (non-hydrogen) atoms. The molecule has 0 spiro atoms. The Bertz CT molecular complexity index is 950.